The van der Waals surface area contributed by atoms with Crippen molar-refractivity contribution in [3.8, 4) is 0 Å². The van der Waals surface area contributed by atoms with Crippen molar-refractivity contribution >= 4 is 22.0 Å². The molecular weight excluding hydrogens is 384 g/mol. The Kier molecular flexibility index (Phi) is 7.72. The van der Waals surface area contributed by atoms with Crippen LogP contribution in [0.5, 0.6) is 0 Å². The Bertz CT molecular complexity index is 623. The highest BCUT2D eigenvalue weighted by molar-refractivity contribution is 8.74. The van der Waals surface area contributed by atoms with Gasteiger partial charge < -0.3 is 0 Å². The van der Waals surface area contributed by atoms with Crippen LogP contribution < -0.4 is 0 Å². The van der Waals surface area contributed by atoms with Gasteiger partial charge in [0.15, 0.2) is 0 Å². The van der Waals surface area contributed by atoms with Crippen molar-refractivity contribution in [1.82, 2.24) is 18.4 Å². The van der Waals surface area contributed by atoms with E-state index in [0.717, 1.165) is 65.4 Å². The molecule has 2 aromatic rings. The van der Waals surface area contributed by atoms with Crippen LogP contribution in [0.3, 0.4) is 0 Å². The Morgan fingerprint density at radius 2 is 0.857 bits per heavy atom. The summed E-state index contributed by atoms with van der Waals surface area (Å²) in [6.07, 6.45) is 0. The lowest BCUT2D eigenvalue weighted by molar-refractivity contribution is 0.188. The lowest BCUT2D eigenvalue weighted by atomic mass is 10.2. The van der Waals surface area contributed by atoms with Crippen molar-refractivity contribution in [2.75, 3.05) is 52.4 Å². The number of hydrogen-bond donors (Lipinski definition) is 0. The van der Waals surface area contributed by atoms with E-state index in [1.54, 1.807) is 0 Å². The molecule has 0 atom stereocenters. The zero-order valence-electron chi connectivity index (χ0n) is 16.4. The Balaban J connectivity index is 1.11. The summed E-state index contributed by atoms with van der Waals surface area (Å²) < 4.78 is 5.06. The van der Waals surface area contributed by atoms with Gasteiger partial charge in [-0.15, -0.1) is 0 Å². The van der Waals surface area contributed by atoms with E-state index in [1.807, 2.05) is 22.0 Å². The summed E-state index contributed by atoms with van der Waals surface area (Å²) in [5.41, 5.74) is 2.85. The van der Waals surface area contributed by atoms with Gasteiger partial charge in [-0.25, -0.2) is 8.61 Å². The van der Waals surface area contributed by atoms with E-state index < -0.39 is 0 Å². The molecule has 2 aromatic carbocycles. The highest BCUT2D eigenvalue weighted by Crippen LogP contribution is 2.31. The molecule has 2 fully saturated rings. The van der Waals surface area contributed by atoms with Gasteiger partial charge in [0.05, 0.1) is 0 Å². The normalized spacial score (nSPS) is 20.4. The van der Waals surface area contributed by atoms with Gasteiger partial charge in [0.2, 0.25) is 0 Å². The van der Waals surface area contributed by atoms with Gasteiger partial charge >= 0.3 is 0 Å². The maximum Gasteiger partial charge on any atom is 0.0234 e. The lowest BCUT2D eigenvalue weighted by Gasteiger charge is -2.36. The van der Waals surface area contributed by atoms with Crippen LogP contribution in [0.4, 0.5) is 0 Å². The Morgan fingerprint density at radius 3 is 1.21 bits per heavy atom. The number of nitrogens with zero attached hydrogens (tertiary/aromatic N) is 4. The van der Waals surface area contributed by atoms with Gasteiger partial charge in [-0.2, -0.15) is 0 Å². The molecule has 2 heterocycles. The minimum Gasteiger partial charge on any atom is -0.296 e. The number of hydrogen-bond acceptors (Lipinski definition) is 6. The van der Waals surface area contributed by atoms with Crippen molar-refractivity contribution in [3.05, 3.63) is 71.8 Å². The van der Waals surface area contributed by atoms with Crippen molar-refractivity contribution in [1.29, 1.82) is 0 Å². The largest absolute Gasteiger partial charge is 0.296 e. The molecular formula is C22H30N4S2. The quantitative estimate of drug-likeness (QED) is 0.501. The van der Waals surface area contributed by atoms with Gasteiger partial charge in [0, 0.05) is 87.4 Å². The molecule has 150 valence electrons. The molecule has 2 saturated heterocycles. The number of rotatable bonds is 7. The SMILES string of the molecule is c1ccc(CN2CCN(SSN3CCN(Cc4ccccc4)CC3)CC2)cc1. The summed E-state index contributed by atoms with van der Waals surface area (Å²) in [4.78, 5) is 5.14. The van der Waals surface area contributed by atoms with E-state index in [-0.39, 0.29) is 0 Å². The summed E-state index contributed by atoms with van der Waals surface area (Å²) in [7, 11) is 3.90. The molecule has 0 radical (unpaired) electrons. The number of benzene rings is 2. The van der Waals surface area contributed by atoms with Gasteiger partial charge in [-0.05, 0) is 11.1 Å². The fourth-order valence-electron chi connectivity index (χ4n) is 3.70. The summed E-state index contributed by atoms with van der Waals surface area (Å²) in [6, 6.07) is 21.7. The van der Waals surface area contributed by atoms with Crippen LogP contribution in [-0.4, -0.2) is 70.8 Å². The smallest absolute Gasteiger partial charge is 0.0234 e. The van der Waals surface area contributed by atoms with E-state index in [9.17, 15) is 0 Å². The molecule has 4 nitrogen and oxygen atoms in total. The maximum atomic E-state index is 2.57. The molecule has 4 rings (SSSR count). The summed E-state index contributed by atoms with van der Waals surface area (Å²) in [5.74, 6) is 0. The monoisotopic (exact) mass is 414 g/mol. The predicted molar refractivity (Wildman–Crippen MR) is 122 cm³/mol. The highest BCUT2D eigenvalue weighted by Gasteiger charge is 2.21. The molecule has 0 bridgehead atoms. The van der Waals surface area contributed by atoms with Crippen LogP contribution in [0.1, 0.15) is 11.1 Å². The van der Waals surface area contributed by atoms with Crippen molar-refractivity contribution < 1.29 is 0 Å². The van der Waals surface area contributed by atoms with Crippen molar-refractivity contribution in [2.45, 2.75) is 13.1 Å². The van der Waals surface area contributed by atoms with Crippen LogP contribution in [0.2, 0.25) is 0 Å². The van der Waals surface area contributed by atoms with Gasteiger partial charge in [-0.3, -0.25) is 9.80 Å². The van der Waals surface area contributed by atoms with Gasteiger partial charge in [0.1, 0.15) is 0 Å². The predicted octanol–water partition coefficient (Wildman–Crippen LogP) is 3.83. The second-order valence-corrected chi connectivity index (χ2v) is 9.76. The second kappa shape index (κ2) is 10.7. The molecule has 0 saturated carbocycles. The van der Waals surface area contributed by atoms with E-state index in [1.165, 1.54) is 11.1 Å². The van der Waals surface area contributed by atoms with Crippen molar-refractivity contribution in [3.63, 3.8) is 0 Å². The molecule has 0 unspecified atom stereocenters. The Labute approximate surface area is 177 Å². The van der Waals surface area contributed by atoms with Crippen molar-refractivity contribution in [2.24, 2.45) is 0 Å². The lowest BCUT2D eigenvalue weighted by Crippen LogP contribution is -2.44. The number of piperazine rings is 2. The van der Waals surface area contributed by atoms with Crippen LogP contribution in [0.25, 0.3) is 0 Å². The van der Waals surface area contributed by atoms with E-state index >= 15 is 0 Å². The zero-order valence-corrected chi connectivity index (χ0v) is 18.1. The van der Waals surface area contributed by atoms with E-state index in [4.69, 9.17) is 0 Å². The molecule has 2 aliphatic heterocycles. The fourth-order valence-corrected chi connectivity index (χ4v) is 5.98. The summed E-state index contributed by atoms with van der Waals surface area (Å²) >= 11 is 0. The third-order valence-electron chi connectivity index (χ3n) is 5.40. The van der Waals surface area contributed by atoms with E-state index in [0.29, 0.717) is 0 Å². The van der Waals surface area contributed by atoms with Gasteiger partial charge in [0.25, 0.3) is 0 Å². The average Bonchev–Trinajstić information content (AvgIpc) is 2.76. The van der Waals surface area contributed by atoms with Crippen LogP contribution >= 0.6 is 22.0 Å². The Hall–Kier alpha value is -1.02. The molecule has 6 heteroatoms. The minimum atomic E-state index is 1.08. The van der Waals surface area contributed by atoms with Crippen LogP contribution in [-0.2, 0) is 13.1 Å². The molecule has 0 aromatic heterocycles. The highest BCUT2D eigenvalue weighted by atomic mass is 33.1. The molecule has 28 heavy (non-hydrogen) atoms. The molecule has 2 aliphatic rings. The molecule has 0 spiro atoms. The zero-order chi connectivity index (χ0) is 19.0. The molecule has 0 N–H and O–H groups in total. The molecule has 0 aliphatic carbocycles. The first-order chi connectivity index (χ1) is 13.8. The minimum absolute atomic E-state index is 1.08. The fraction of sp³-hybridized carbons (Fsp3) is 0.455. The summed E-state index contributed by atoms with van der Waals surface area (Å²) in [5, 5.41) is 0. The third-order valence-corrected chi connectivity index (χ3v) is 8.09. The third kappa shape index (κ3) is 6.24. The Morgan fingerprint density at radius 1 is 0.500 bits per heavy atom. The second-order valence-electron chi connectivity index (χ2n) is 7.53. The maximum absolute atomic E-state index is 2.57. The first-order valence-corrected chi connectivity index (χ1v) is 12.3. The first-order valence-electron chi connectivity index (χ1n) is 10.2. The average molecular weight is 415 g/mol. The standard InChI is InChI=1S/C22H30N4S2/c1-3-7-21(8-4-1)19-23-11-15-25(16-12-23)27-28-26-17-13-24(14-18-26)20-22-9-5-2-6-10-22/h1-10H,11-20H2. The summed E-state index contributed by atoms with van der Waals surface area (Å²) in [6.45, 7) is 11.4. The topological polar surface area (TPSA) is 13.0 Å². The van der Waals surface area contributed by atoms with Crippen LogP contribution in [0.15, 0.2) is 60.7 Å². The van der Waals surface area contributed by atoms with E-state index in [2.05, 4.69) is 79.1 Å². The van der Waals surface area contributed by atoms with Gasteiger partial charge in [-0.1, -0.05) is 60.7 Å². The first kappa shape index (κ1) is 20.3. The van der Waals surface area contributed by atoms with Crippen LogP contribution in [0, 0.1) is 0 Å². The molecule has 0 amide bonds.